The molecule has 1 aromatic carbocycles. The highest BCUT2D eigenvalue weighted by molar-refractivity contribution is 5.51. The molecule has 1 aromatic rings. The van der Waals surface area contributed by atoms with E-state index in [1.54, 1.807) is 13.8 Å². The lowest BCUT2D eigenvalue weighted by atomic mass is 10.1. The maximum atomic E-state index is 13.4. The quantitative estimate of drug-likeness (QED) is 0.609. The second-order valence-corrected chi connectivity index (χ2v) is 4.09. The number of halogens is 1. The molecule has 0 saturated heterocycles. The molecule has 0 saturated carbocycles. The van der Waals surface area contributed by atoms with Gasteiger partial charge in [0.05, 0.1) is 28.8 Å². The minimum Gasteiger partial charge on any atom is -0.394 e. The van der Waals surface area contributed by atoms with Crippen LogP contribution in [-0.4, -0.2) is 22.2 Å². The molecule has 0 amide bonds. The van der Waals surface area contributed by atoms with Gasteiger partial charge in [-0.05, 0) is 19.9 Å². The van der Waals surface area contributed by atoms with Crippen LogP contribution in [0, 0.1) is 15.9 Å². The first-order valence-electron chi connectivity index (χ1n) is 4.69. The second kappa shape index (κ2) is 4.44. The van der Waals surface area contributed by atoms with Crippen LogP contribution in [0.5, 0.6) is 0 Å². The van der Waals surface area contributed by atoms with Crippen molar-refractivity contribution >= 4 is 11.4 Å². The Balaban J connectivity index is 2.96. The molecular weight excluding hydrogens is 215 g/mol. The Morgan fingerprint density at radius 3 is 2.62 bits per heavy atom. The molecule has 0 radical (unpaired) electrons. The van der Waals surface area contributed by atoms with Gasteiger partial charge in [-0.15, -0.1) is 0 Å². The normalized spacial score (nSPS) is 11.2. The van der Waals surface area contributed by atoms with Gasteiger partial charge >= 0.3 is 0 Å². The van der Waals surface area contributed by atoms with Gasteiger partial charge < -0.3 is 10.4 Å². The highest BCUT2D eigenvalue weighted by atomic mass is 19.1. The van der Waals surface area contributed by atoms with E-state index in [4.69, 9.17) is 5.11 Å². The number of hydrogen-bond acceptors (Lipinski definition) is 4. The largest absolute Gasteiger partial charge is 0.394 e. The number of hydrogen-bond donors (Lipinski definition) is 2. The lowest BCUT2D eigenvalue weighted by Crippen LogP contribution is -2.35. The first-order chi connectivity index (χ1) is 7.35. The molecule has 88 valence electrons. The van der Waals surface area contributed by atoms with Crippen LogP contribution >= 0.6 is 0 Å². The van der Waals surface area contributed by atoms with Crippen LogP contribution in [0.4, 0.5) is 15.8 Å². The Labute approximate surface area is 92.1 Å². The fourth-order valence-electron chi connectivity index (χ4n) is 1.12. The lowest BCUT2D eigenvalue weighted by molar-refractivity contribution is -0.385. The van der Waals surface area contributed by atoms with Crippen LogP contribution in [0.25, 0.3) is 0 Å². The summed E-state index contributed by atoms with van der Waals surface area (Å²) in [7, 11) is 0. The molecule has 0 unspecified atom stereocenters. The smallest absolute Gasteiger partial charge is 0.272 e. The van der Waals surface area contributed by atoms with E-state index in [0.29, 0.717) is 0 Å². The van der Waals surface area contributed by atoms with Crippen molar-refractivity contribution in [1.29, 1.82) is 0 Å². The van der Waals surface area contributed by atoms with Crippen LogP contribution in [0.15, 0.2) is 18.2 Å². The van der Waals surface area contributed by atoms with Gasteiger partial charge in [0.2, 0.25) is 0 Å². The molecule has 16 heavy (non-hydrogen) atoms. The van der Waals surface area contributed by atoms with Gasteiger partial charge in [-0.1, -0.05) is 0 Å². The number of nitrogens with zero attached hydrogens (tertiary/aromatic N) is 1. The third kappa shape index (κ3) is 2.90. The standard InChI is InChI=1S/C10H13FN2O3/c1-10(2,6-14)12-9-4-3-7(13(15)16)5-8(9)11/h3-5,12,14H,6H2,1-2H3. The van der Waals surface area contributed by atoms with Gasteiger partial charge in [0.15, 0.2) is 5.82 Å². The lowest BCUT2D eigenvalue weighted by Gasteiger charge is -2.25. The number of non-ortho nitro benzene ring substituents is 1. The molecule has 2 N–H and O–H groups in total. The molecule has 1 rings (SSSR count). The van der Waals surface area contributed by atoms with E-state index in [1.807, 2.05) is 0 Å². The van der Waals surface area contributed by atoms with Crippen molar-refractivity contribution in [2.75, 3.05) is 11.9 Å². The van der Waals surface area contributed by atoms with Gasteiger partial charge in [0.25, 0.3) is 5.69 Å². The van der Waals surface area contributed by atoms with Crippen LogP contribution in [0.2, 0.25) is 0 Å². The number of nitro groups is 1. The molecule has 5 nitrogen and oxygen atoms in total. The van der Waals surface area contributed by atoms with E-state index in [0.717, 1.165) is 6.07 Å². The number of nitrogens with one attached hydrogen (secondary N) is 1. The summed E-state index contributed by atoms with van der Waals surface area (Å²) in [5.41, 5.74) is -0.855. The summed E-state index contributed by atoms with van der Waals surface area (Å²) in [5, 5.41) is 22.1. The molecule has 0 bridgehead atoms. The number of aliphatic hydroxyl groups is 1. The maximum absolute atomic E-state index is 13.4. The zero-order valence-corrected chi connectivity index (χ0v) is 9.03. The Hall–Kier alpha value is -1.69. The van der Waals surface area contributed by atoms with E-state index in [1.165, 1.54) is 12.1 Å². The Morgan fingerprint density at radius 2 is 2.19 bits per heavy atom. The summed E-state index contributed by atoms with van der Waals surface area (Å²) in [6, 6.07) is 3.33. The fraction of sp³-hybridized carbons (Fsp3) is 0.400. The Bertz CT molecular complexity index is 407. The average molecular weight is 228 g/mol. The van der Waals surface area contributed by atoms with Gasteiger partial charge in [0.1, 0.15) is 0 Å². The molecule has 0 fully saturated rings. The number of anilines is 1. The summed E-state index contributed by atoms with van der Waals surface area (Å²) in [6.07, 6.45) is 0. The van der Waals surface area contributed by atoms with E-state index >= 15 is 0 Å². The van der Waals surface area contributed by atoms with Crippen molar-refractivity contribution in [3.05, 3.63) is 34.1 Å². The molecule has 0 aliphatic rings. The molecule has 6 heteroatoms. The molecule has 0 heterocycles. The van der Waals surface area contributed by atoms with Gasteiger partial charge in [-0.3, -0.25) is 10.1 Å². The van der Waals surface area contributed by atoms with Crippen molar-refractivity contribution in [3.8, 4) is 0 Å². The molecular formula is C10H13FN2O3. The van der Waals surface area contributed by atoms with Crippen molar-refractivity contribution in [2.45, 2.75) is 19.4 Å². The first-order valence-corrected chi connectivity index (χ1v) is 4.69. The molecule has 0 spiro atoms. The molecule has 0 aliphatic carbocycles. The maximum Gasteiger partial charge on any atom is 0.272 e. The predicted molar refractivity (Wildman–Crippen MR) is 57.8 cm³/mol. The predicted octanol–water partition coefficient (Wildman–Crippen LogP) is 1.92. The highest BCUT2D eigenvalue weighted by Gasteiger charge is 2.19. The SMILES string of the molecule is CC(C)(CO)Nc1ccc([N+](=O)[O-])cc1F. The van der Waals surface area contributed by atoms with Crippen molar-refractivity contribution < 1.29 is 14.4 Å². The van der Waals surface area contributed by atoms with E-state index < -0.39 is 16.3 Å². The van der Waals surface area contributed by atoms with E-state index in [2.05, 4.69) is 5.32 Å². The highest BCUT2D eigenvalue weighted by Crippen LogP contribution is 2.23. The average Bonchev–Trinajstić information content (AvgIpc) is 2.20. The number of rotatable bonds is 4. The second-order valence-electron chi connectivity index (χ2n) is 4.09. The summed E-state index contributed by atoms with van der Waals surface area (Å²) in [6.45, 7) is 3.20. The van der Waals surface area contributed by atoms with Gasteiger partial charge in [0, 0.05) is 6.07 Å². The summed E-state index contributed by atoms with van der Waals surface area (Å²) >= 11 is 0. The van der Waals surface area contributed by atoms with E-state index in [-0.39, 0.29) is 18.0 Å². The first kappa shape index (κ1) is 12.4. The number of benzene rings is 1. The van der Waals surface area contributed by atoms with Crippen LogP contribution in [-0.2, 0) is 0 Å². The minimum absolute atomic E-state index is 0.129. The minimum atomic E-state index is -0.712. The Kier molecular flexibility index (Phi) is 3.44. The van der Waals surface area contributed by atoms with Crippen LogP contribution < -0.4 is 5.32 Å². The molecule has 0 atom stereocenters. The van der Waals surface area contributed by atoms with Crippen LogP contribution in [0.3, 0.4) is 0 Å². The number of nitro benzene ring substituents is 1. The zero-order valence-electron chi connectivity index (χ0n) is 9.03. The monoisotopic (exact) mass is 228 g/mol. The summed E-state index contributed by atoms with van der Waals surface area (Å²) in [4.78, 5) is 9.72. The number of aliphatic hydroxyl groups excluding tert-OH is 1. The molecule has 0 aromatic heterocycles. The third-order valence-electron chi connectivity index (χ3n) is 2.03. The third-order valence-corrected chi connectivity index (χ3v) is 2.03. The Morgan fingerprint density at radius 1 is 1.56 bits per heavy atom. The topological polar surface area (TPSA) is 75.4 Å². The summed E-state index contributed by atoms with van der Waals surface area (Å²) < 4.78 is 13.4. The zero-order chi connectivity index (χ0) is 12.3. The van der Waals surface area contributed by atoms with Gasteiger partial charge in [-0.25, -0.2) is 4.39 Å². The van der Waals surface area contributed by atoms with Crippen molar-refractivity contribution in [2.24, 2.45) is 0 Å². The van der Waals surface area contributed by atoms with Crippen molar-refractivity contribution in [1.82, 2.24) is 0 Å². The van der Waals surface area contributed by atoms with Crippen LogP contribution in [0.1, 0.15) is 13.8 Å². The van der Waals surface area contributed by atoms with Gasteiger partial charge in [-0.2, -0.15) is 0 Å². The van der Waals surface area contributed by atoms with E-state index in [9.17, 15) is 14.5 Å². The van der Waals surface area contributed by atoms with Crippen molar-refractivity contribution in [3.63, 3.8) is 0 Å². The molecule has 0 aliphatic heterocycles. The summed E-state index contributed by atoms with van der Waals surface area (Å²) in [5.74, 6) is -0.712. The fourth-order valence-corrected chi connectivity index (χ4v) is 1.12.